The number of anilines is 1. The first-order valence-corrected chi connectivity index (χ1v) is 8.56. The summed E-state index contributed by atoms with van der Waals surface area (Å²) in [6.07, 6.45) is 0.905. The number of benzene rings is 2. The number of aryl methyl sites for hydroxylation is 2. The van der Waals surface area contributed by atoms with Gasteiger partial charge in [0.05, 0.1) is 5.39 Å². The molecular formula is C21H19NO5. The standard InChI is InChI=1S/C21H19NO5/c1-3-14-5-7-15(8-6-14)22-20(24)12-26-21(25)19-11-17(23)16-10-13(2)4-9-18(16)27-19/h4-11H,3,12H2,1-2H3,(H,22,24). The molecule has 0 aliphatic rings. The molecule has 3 rings (SSSR count). The monoisotopic (exact) mass is 365 g/mol. The molecule has 0 aliphatic heterocycles. The average molecular weight is 365 g/mol. The lowest BCUT2D eigenvalue weighted by Crippen LogP contribution is -2.21. The Hall–Kier alpha value is -3.41. The van der Waals surface area contributed by atoms with Crippen molar-refractivity contribution in [1.82, 2.24) is 0 Å². The Labute approximate surface area is 155 Å². The predicted octanol–water partition coefficient (Wildman–Crippen LogP) is 3.46. The molecule has 1 N–H and O–H groups in total. The zero-order valence-corrected chi connectivity index (χ0v) is 15.1. The number of fused-ring (bicyclic) bond motifs is 1. The molecule has 0 bridgehead atoms. The molecule has 1 heterocycles. The van der Waals surface area contributed by atoms with E-state index in [1.807, 2.05) is 26.0 Å². The fraction of sp³-hybridized carbons (Fsp3) is 0.190. The Morgan fingerprint density at radius 1 is 1.07 bits per heavy atom. The van der Waals surface area contributed by atoms with Crippen LogP contribution in [-0.4, -0.2) is 18.5 Å². The molecule has 6 nitrogen and oxygen atoms in total. The van der Waals surface area contributed by atoms with Gasteiger partial charge in [0.1, 0.15) is 5.58 Å². The summed E-state index contributed by atoms with van der Waals surface area (Å²) in [5.41, 5.74) is 2.63. The maximum absolute atomic E-state index is 12.1. The summed E-state index contributed by atoms with van der Waals surface area (Å²) in [5.74, 6) is -1.59. The molecule has 138 valence electrons. The lowest BCUT2D eigenvalue weighted by Gasteiger charge is -2.07. The summed E-state index contributed by atoms with van der Waals surface area (Å²) in [4.78, 5) is 36.2. The number of rotatable bonds is 5. The summed E-state index contributed by atoms with van der Waals surface area (Å²) < 4.78 is 10.4. The number of amides is 1. The Balaban J connectivity index is 1.64. The molecule has 1 amide bonds. The van der Waals surface area contributed by atoms with E-state index in [9.17, 15) is 14.4 Å². The van der Waals surface area contributed by atoms with Crippen LogP contribution >= 0.6 is 0 Å². The van der Waals surface area contributed by atoms with Crippen LogP contribution in [0.4, 0.5) is 5.69 Å². The number of hydrogen-bond acceptors (Lipinski definition) is 5. The van der Waals surface area contributed by atoms with Crippen molar-refractivity contribution >= 4 is 28.5 Å². The van der Waals surface area contributed by atoms with Gasteiger partial charge in [-0.3, -0.25) is 9.59 Å². The number of nitrogens with one attached hydrogen (secondary N) is 1. The molecular weight excluding hydrogens is 346 g/mol. The lowest BCUT2D eigenvalue weighted by molar-refractivity contribution is -0.119. The minimum absolute atomic E-state index is 0.239. The van der Waals surface area contributed by atoms with Gasteiger partial charge in [0, 0.05) is 11.8 Å². The maximum Gasteiger partial charge on any atom is 0.374 e. The van der Waals surface area contributed by atoms with Crippen LogP contribution in [0.5, 0.6) is 0 Å². The zero-order valence-electron chi connectivity index (χ0n) is 15.1. The average Bonchev–Trinajstić information content (AvgIpc) is 2.67. The number of carbonyl (C=O) groups excluding carboxylic acids is 2. The zero-order chi connectivity index (χ0) is 19.4. The van der Waals surface area contributed by atoms with Gasteiger partial charge in [-0.1, -0.05) is 30.7 Å². The van der Waals surface area contributed by atoms with E-state index in [0.717, 1.165) is 23.6 Å². The van der Waals surface area contributed by atoms with Crippen molar-refractivity contribution in [2.24, 2.45) is 0 Å². The topological polar surface area (TPSA) is 85.6 Å². The summed E-state index contributed by atoms with van der Waals surface area (Å²) in [6.45, 7) is 3.42. The van der Waals surface area contributed by atoms with Gasteiger partial charge < -0.3 is 14.5 Å². The van der Waals surface area contributed by atoms with Crippen LogP contribution in [0.2, 0.25) is 0 Å². The highest BCUT2D eigenvalue weighted by Gasteiger charge is 2.15. The molecule has 6 heteroatoms. The molecule has 0 spiro atoms. The van der Waals surface area contributed by atoms with Crippen molar-refractivity contribution < 1.29 is 18.7 Å². The van der Waals surface area contributed by atoms with Crippen LogP contribution in [0.1, 0.15) is 28.6 Å². The third-order valence-corrected chi connectivity index (χ3v) is 4.06. The van der Waals surface area contributed by atoms with Crippen molar-refractivity contribution in [3.63, 3.8) is 0 Å². The molecule has 2 aromatic carbocycles. The van der Waals surface area contributed by atoms with E-state index in [2.05, 4.69) is 5.32 Å². The van der Waals surface area contributed by atoms with Gasteiger partial charge in [0.25, 0.3) is 5.91 Å². The van der Waals surface area contributed by atoms with Gasteiger partial charge in [-0.25, -0.2) is 4.79 Å². The molecule has 0 radical (unpaired) electrons. The molecule has 3 aromatic rings. The van der Waals surface area contributed by atoms with Gasteiger partial charge in [0.2, 0.25) is 5.76 Å². The number of hydrogen-bond donors (Lipinski definition) is 1. The van der Waals surface area contributed by atoms with Crippen LogP contribution in [0.3, 0.4) is 0 Å². The summed E-state index contributed by atoms with van der Waals surface area (Å²) in [7, 11) is 0. The van der Waals surface area contributed by atoms with Crippen LogP contribution in [0, 0.1) is 6.92 Å². The first-order valence-electron chi connectivity index (χ1n) is 8.56. The minimum Gasteiger partial charge on any atom is -0.450 e. The lowest BCUT2D eigenvalue weighted by atomic mass is 10.1. The van der Waals surface area contributed by atoms with Gasteiger partial charge in [-0.15, -0.1) is 0 Å². The van der Waals surface area contributed by atoms with Crippen LogP contribution in [0.15, 0.2) is 57.7 Å². The van der Waals surface area contributed by atoms with Gasteiger partial charge in [-0.2, -0.15) is 0 Å². The van der Waals surface area contributed by atoms with Crippen LogP contribution in [0.25, 0.3) is 11.0 Å². The molecule has 27 heavy (non-hydrogen) atoms. The first kappa shape index (κ1) is 18.4. The summed E-state index contributed by atoms with van der Waals surface area (Å²) in [6, 6.07) is 13.5. The Kier molecular flexibility index (Phi) is 5.35. The fourth-order valence-corrected chi connectivity index (χ4v) is 2.59. The second-order valence-corrected chi connectivity index (χ2v) is 6.15. The highest BCUT2D eigenvalue weighted by atomic mass is 16.5. The van der Waals surface area contributed by atoms with Crippen LogP contribution < -0.4 is 10.7 Å². The third-order valence-electron chi connectivity index (χ3n) is 4.06. The van der Waals surface area contributed by atoms with Crippen molar-refractivity contribution in [1.29, 1.82) is 0 Å². The Bertz CT molecular complexity index is 1050. The fourth-order valence-electron chi connectivity index (χ4n) is 2.59. The van der Waals surface area contributed by atoms with Crippen LogP contribution in [-0.2, 0) is 16.0 Å². The van der Waals surface area contributed by atoms with Crippen molar-refractivity contribution in [3.8, 4) is 0 Å². The quantitative estimate of drug-likeness (QED) is 0.700. The molecule has 0 atom stereocenters. The predicted molar refractivity (Wildman–Crippen MR) is 102 cm³/mol. The Morgan fingerprint density at radius 2 is 1.81 bits per heavy atom. The van der Waals surface area contributed by atoms with Gasteiger partial charge in [0.15, 0.2) is 12.0 Å². The molecule has 0 fully saturated rings. The molecule has 0 saturated heterocycles. The van der Waals surface area contributed by atoms with Gasteiger partial charge in [-0.05, 0) is 43.2 Å². The molecule has 0 unspecified atom stereocenters. The SMILES string of the molecule is CCc1ccc(NC(=O)COC(=O)c2cc(=O)c3cc(C)ccc3o2)cc1. The van der Waals surface area contributed by atoms with E-state index in [4.69, 9.17) is 9.15 Å². The van der Waals surface area contributed by atoms with Crippen molar-refractivity contribution in [2.75, 3.05) is 11.9 Å². The van der Waals surface area contributed by atoms with E-state index in [-0.39, 0.29) is 11.2 Å². The second kappa shape index (κ2) is 7.86. The molecule has 1 aromatic heterocycles. The summed E-state index contributed by atoms with van der Waals surface area (Å²) in [5, 5.41) is 3.03. The minimum atomic E-state index is -0.869. The Morgan fingerprint density at radius 3 is 2.52 bits per heavy atom. The van der Waals surface area contributed by atoms with E-state index in [0.29, 0.717) is 16.7 Å². The number of esters is 1. The normalized spacial score (nSPS) is 10.6. The highest BCUT2D eigenvalue weighted by Crippen LogP contribution is 2.15. The van der Waals surface area contributed by atoms with E-state index in [1.165, 1.54) is 0 Å². The maximum atomic E-state index is 12.1. The third kappa shape index (κ3) is 4.41. The number of carbonyl (C=O) groups is 2. The molecule has 0 aliphatic carbocycles. The van der Waals surface area contributed by atoms with E-state index in [1.54, 1.807) is 30.3 Å². The highest BCUT2D eigenvalue weighted by molar-refractivity contribution is 5.95. The first-order chi connectivity index (χ1) is 13.0. The number of ether oxygens (including phenoxy) is 1. The van der Waals surface area contributed by atoms with Crippen molar-refractivity contribution in [2.45, 2.75) is 20.3 Å². The van der Waals surface area contributed by atoms with E-state index < -0.39 is 18.5 Å². The second-order valence-electron chi connectivity index (χ2n) is 6.15. The smallest absolute Gasteiger partial charge is 0.374 e. The largest absolute Gasteiger partial charge is 0.450 e. The molecule has 0 saturated carbocycles. The van der Waals surface area contributed by atoms with Gasteiger partial charge >= 0.3 is 5.97 Å². The van der Waals surface area contributed by atoms with Crippen molar-refractivity contribution in [3.05, 3.63) is 75.6 Å². The summed E-state index contributed by atoms with van der Waals surface area (Å²) >= 11 is 0. The van der Waals surface area contributed by atoms with E-state index >= 15 is 0 Å².